The van der Waals surface area contributed by atoms with Crippen molar-refractivity contribution in [2.45, 2.75) is 13.0 Å². The van der Waals surface area contributed by atoms with Crippen LogP contribution in [0.1, 0.15) is 12.0 Å². The molecular weight excluding hydrogens is 260 g/mol. The second-order valence-corrected chi connectivity index (χ2v) is 6.02. The molecule has 0 saturated carbocycles. The second kappa shape index (κ2) is 6.46. The van der Waals surface area contributed by atoms with Crippen molar-refractivity contribution in [2.24, 2.45) is 5.92 Å². The van der Waals surface area contributed by atoms with Gasteiger partial charge in [-0.15, -0.1) is 0 Å². The standard InChI is InChI=1S/C18H24N2O/c1-20-10-9-14(13-20)11-19-12-17-16-6-4-3-5-15(16)7-8-18(17)21-2/h3-8,14,19H,9-13H2,1-2H3. The summed E-state index contributed by atoms with van der Waals surface area (Å²) in [5.74, 6) is 1.75. The lowest BCUT2D eigenvalue weighted by Gasteiger charge is -2.15. The first-order chi connectivity index (χ1) is 10.3. The van der Waals surface area contributed by atoms with Crippen molar-refractivity contribution in [3.8, 4) is 5.75 Å². The smallest absolute Gasteiger partial charge is 0.123 e. The summed E-state index contributed by atoms with van der Waals surface area (Å²) in [6, 6.07) is 12.7. The van der Waals surface area contributed by atoms with Gasteiger partial charge in [-0.05, 0) is 49.3 Å². The molecule has 1 unspecified atom stereocenters. The van der Waals surface area contributed by atoms with Crippen molar-refractivity contribution in [1.82, 2.24) is 10.2 Å². The van der Waals surface area contributed by atoms with Gasteiger partial charge in [0.25, 0.3) is 0 Å². The maximum atomic E-state index is 5.54. The van der Waals surface area contributed by atoms with E-state index in [2.05, 4.69) is 53.7 Å². The van der Waals surface area contributed by atoms with Gasteiger partial charge in [-0.25, -0.2) is 0 Å². The van der Waals surface area contributed by atoms with E-state index in [1.165, 1.54) is 35.8 Å². The molecule has 3 heteroatoms. The van der Waals surface area contributed by atoms with E-state index < -0.39 is 0 Å². The minimum Gasteiger partial charge on any atom is -0.496 e. The molecular formula is C18H24N2O. The molecule has 0 radical (unpaired) electrons. The molecule has 3 nitrogen and oxygen atoms in total. The maximum absolute atomic E-state index is 5.54. The van der Waals surface area contributed by atoms with E-state index in [1.807, 2.05) is 0 Å². The predicted molar refractivity (Wildman–Crippen MR) is 87.8 cm³/mol. The molecule has 3 rings (SSSR count). The largest absolute Gasteiger partial charge is 0.496 e. The summed E-state index contributed by atoms with van der Waals surface area (Å²) in [4.78, 5) is 2.41. The molecule has 1 aliphatic heterocycles. The van der Waals surface area contributed by atoms with Crippen LogP contribution in [0.3, 0.4) is 0 Å². The van der Waals surface area contributed by atoms with Crippen LogP contribution < -0.4 is 10.1 Å². The molecule has 0 spiro atoms. The molecule has 2 aromatic carbocycles. The highest BCUT2D eigenvalue weighted by Gasteiger charge is 2.19. The highest BCUT2D eigenvalue weighted by Crippen LogP contribution is 2.27. The summed E-state index contributed by atoms with van der Waals surface area (Å²) < 4.78 is 5.54. The van der Waals surface area contributed by atoms with Crippen molar-refractivity contribution in [2.75, 3.05) is 33.8 Å². The zero-order chi connectivity index (χ0) is 14.7. The summed E-state index contributed by atoms with van der Waals surface area (Å²) in [5, 5.41) is 6.18. The summed E-state index contributed by atoms with van der Waals surface area (Å²) in [6.45, 7) is 4.38. The van der Waals surface area contributed by atoms with E-state index in [4.69, 9.17) is 4.74 Å². The average Bonchev–Trinajstić information content (AvgIpc) is 2.93. The lowest BCUT2D eigenvalue weighted by Crippen LogP contribution is -2.25. The number of likely N-dealkylation sites (tertiary alicyclic amines) is 1. The van der Waals surface area contributed by atoms with Crippen molar-refractivity contribution < 1.29 is 4.74 Å². The minimum atomic E-state index is 0.774. The number of hydrogen-bond donors (Lipinski definition) is 1. The van der Waals surface area contributed by atoms with Crippen LogP contribution in [0.15, 0.2) is 36.4 Å². The molecule has 1 heterocycles. The second-order valence-electron chi connectivity index (χ2n) is 6.02. The van der Waals surface area contributed by atoms with Gasteiger partial charge in [0.05, 0.1) is 7.11 Å². The lowest BCUT2D eigenvalue weighted by molar-refractivity contribution is 0.385. The van der Waals surface area contributed by atoms with Gasteiger partial charge in [0.1, 0.15) is 5.75 Å². The fourth-order valence-corrected chi connectivity index (χ4v) is 3.28. The van der Waals surface area contributed by atoms with E-state index in [-0.39, 0.29) is 0 Å². The van der Waals surface area contributed by atoms with Gasteiger partial charge in [-0.1, -0.05) is 30.3 Å². The molecule has 0 aromatic heterocycles. The third-order valence-corrected chi connectivity index (χ3v) is 4.44. The van der Waals surface area contributed by atoms with Crippen LogP contribution in [-0.2, 0) is 6.54 Å². The maximum Gasteiger partial charge on any atom is 0.123 e. The van der Waals surface area contributed by atoms with Crippen LogP contribution in [0.25, 0.3) is 10.8 Å². The number of fused-ring (bicyclic) bond motifs is 1. The first-order valence-corrected chi connectivity index (χ1v) is 7.72. The molecule has 0 aliphatic carbocycles. The molecule has 0 bridgehead atoms. The molecule has 2 aromatic rings. The van der Waals surface area contributed by atoms with Gasteiger partial charge < -0.3 is 15.0 Å². The highest BCUT2D eigenvalue weighted by molar-refractivity contribution is 5.87. The summed E-state index contributed by atoms with van der Waals surface area (Å²) >= 11 is 0. The van der Waals surface area contributed by atoms with E-state index in [9.17, 15) is 0 Å². The van der Waals surface area contributed by atoms with E-state index in [1.54, 1.807) is 7.11 Å². The summed E-state index contributed by atoms with van der Waals surface area (Å²) in [7, 11) is 3.95. The van der Waals surface area contributed by atoms with Gasteiger partial charge in [0.15, 0.2) is 0 Å². The molecule has 112 valence electrons. The Morgan fingerprint density at radius 1 is 1.24 bits per heavy atom. The molecule has 1 aliphatic rings. The molecule has 1 saturated heterocycles. The highest BCUT2D eigenvalue weighted by atomic mass is 16.5. The summed E-state index contributed by atoms with van der Waals surface area (Å²) in [6.07, 6.45) is 1.30. The van der Waals surface area contributed by atoms with Crippen molar-refractivity contribution in [1.29, 1.82) is 0 Å². The molecule has 21 heavy (non-hydrogen) atoms. The zero-order valence-corrected chi connectivity index (χ0v) is 12.9. The van der Waals surface area contributed by atoms with Crippen LogP contribution >= 0.6 is 0 Å². The first kappa shape index (κ1) is 14.4. The van der Waals surface area contributed by atoms with Crippen LogP contribution in [0.4, 0.5) is 0 Å². The number of rotatable bonds is 5. The Balaban J connectivity index is 1.73. The van der Waals surface area contributed by atoms with Crippen LogP contribution in [-0.4, -0.2) is 38.7 Å². The van der Waals surface area contributed by atoms with Gasteiger partial charge in [0.2, 0.25) is 0 Å². The number of nitrogens with zero attached hydrogens (tertiary/aromatic N) is 1. The van der Waals surface area contributed by atoms with Crippen LogP contribution in [0.5, 0.6) is 5.75 Å². The zero-order valence-electron chi connectivity index (χ0n) is 12.9. The van der Waals surface area contributed by atoms with E-state index in [0.29, 0.717) is 0 Å². The normalized spacial score (nSPS) is 19.2. The van der Waals surface area contributed by atoms with Gasteiger partial charge in [-0.3, -0.25) is 0 Å². The van der Waals surface area contributed by atoms with Gasteiger partial charge in [-0.2, -0.15) is 0 Å². The summed E-state index contributed by atoms with van der Waals surface area (Å²) in [5.41, 5.74) is 1.27. The Bertz CT molecular complexity index is 611. The number of nitrogens with one attached hydrogen (secondary N) is 1. The first-order valence-electron chi connectivity index (χ1n) is 7.72. The van der Waals surface area contributed by atoms with Crippen molar-refractivity contribution in [3.63, 3.8) is 0 Å². The SMILES string of the molecule is COc1ccc2ccccc2c1CNCC1CCN(C)C1. The Morgan fingerprint density at radius 2 is 2.10 bits per heavy atom. The quantitative estimate of drug-likeness (QED) is 0.913. The topological polar surface area (TPSA) is 24.5 Å². The Kier molecular flexibility index (Phi) is 4.42. The number of hydrogen-bond acceptors (Lipinski definition) is 3. The predicted octanol–water partition coefficient (Wildman–Crippen LogP) is 2.89. The van der Waals surface area contributed by atoms with Crippen molar-refractivity contribution in [3.05, 3.63) is 42.0 Å². The molecule has 1 N–H and O–H groups in total. The van der Waals surface area contributed by atoms with Crippen LogP contribution in [0, 0.1) is 5.92 Å². The van der Waals surface area contributed by atoms with E-state index in [0.717, 1.165) is 24.8 Å². The minimum absolute atomic E-state index is 0.774. The number of benzene rings is 2. The molecule has 0 amide bonds. The monoisotopic (exact) mass is 284 g/mol. The van der Waals surface area contributed by atoms with E-state index >= 15 is 0 Å². The lowest BCUT2D eigenvalue weighted by atomic mass is 10.0. The van der Waals surface area contributed by atoms with Gasteiger partial charge >= 0.3 is 0 Å². The number of methoxy groups -OCH3 is 1. The van der Waals surface area contributed by atoms with Crippen LogP contribution in [0.2, 0.25) is 0 Å². The fourth-order valence-electron chi connectivity index (χ4n) is 3.28. The number of ether oxygens (including phenoxy) is 1. The fraction of sp³-hybridized carbons (Fsp3) is 0.444. The van der Waals surface area contributed by atoms with Crippen molar-refractivity contribution >= 4 is 10.8 Å². The average molecular weight is 284 g/mol. The third-order valence-electron chi connectivity index (χ3n) is 4.44. The molecule has 1 fully saturated rings. The van der Waals surface area contributed by atoms with Gasteiger partial charge in [0, 0.05) is 18.7 Å². The Hall–Kier alpha value is -1.58. The molecule has 1 atom stereocenters. The third kappa shape index (κ3) is 3.20. The Labute approximate surface area is 126 Å². The Morgan fingerprint density at radius 3 is 2.86 bits per heavy atom.